The number of nitrogens with one attached hydrogen (secondary N) is 1. The normalized spacial score (nSPS) is 12.8. The number of nitrogens with zero attached hydrogens (tertiary/aromatic N) is 1. The zero-order valence-electron chi connectivity index (χ0n) is 8.42. The van der Waals surface area contributed by atoms with Crippen LogP contribution in [0.1, 0.15) is 27.2 Å². The number of rotatable bonds is 4. The van der Waals surface area contributed by atoms with Gasteiger partial charge in [0, 0.05) is 6.04 Å². The molecule has 0 fully saturated rings. The van der Waals surface area contributed by atoms with Crippen molar-refractivity contribution in [1.29, 1.82) is 5.26 Å². The lowest BCUT2D eigenvalue weighted by Crippen LogP contribution is -2.40. The molecule has 1 unspecified atom stereocenters. The molecule has 1 amide bonds. The minimum absolute atomic E-state index is 0.0395. The fraction of sp³-hybridized carbons (Fsp3) is 0.600. The van der Waals surface area contributed by atoms with E-state index in [-0.39, 0.29) is 11.9 Å². The molecule has 0 aliphatic rings. The minimum Gasteiger partial charge on any atom is -0.352 e. The lowest BCUT2D eigenvalue weighted by Gasteiger charge is -2.18. The zero-order valence-corrected chi connectivity index (χ0v) is 8.42. The first-order chi connectivity index (χ1) is 5.94. The zero-order chi connectivity index (χ0) is 10.5. The van der Waals surface area contributed by atoms with Gasteiger partial charge in [-0.1, -0.05) is 6.08 Å². The Kier molecular flexibility index (Phi) is 4.19. The van der Waals surface area contributed by atoms with E-state index in [9.17, 15) is 4.79 Å². The average molecular weight is 180 g/mol. The summed E-state index contributed by atoms with van der Waals surface area (Å²) in [7, 11) is 0. The van der Waals surface area contributed by atoms with Crippen LogP contribution in [-0.2, 0) is 4.79 Å². The van der Waals surface area contributed by atoms with E-state index in [1.807, 2.05) is 13.0 Å². The van der Waals surface area contributed by atoms with Gasteiger partial charge in [0.1, 0.15) is 5.41 Å². The van der Waals surface area contributed by atoms with Crippen LogP contribution in [-0.4, -0.2) is 11.9 Å². The Morgan fingerprint density at radius 1 is 1.77 bits per heavy atom. The summed E-state index contributed by atoms with van der Waals surface area (Å²) in [5, 5.41) is 11.4. The highest BCUT2D eigenvalue weighted by Gasteiger charge is 2.27. The molecular weight excluding hydrogens is 164 g/mol. The highest BCUT2D eigenvalue weighted by molar-refractivity contribution is 5.84. The van der Waals surface area contributed by atoms with Gasteiger partial charge in [0.15, 0.2) is 0 Å². The molecule has 0 aliphatic heterocycles. The Hall–Kier alpha value is -1.30. The molecule has 0 aromatic carbocycles. The summed E-state index contributed by atoms with van der Waals surface area (Å²) in [5.74, 6) is -0.232. The van der Waals surface area contributed by atoms with Crippen LogP contribution < -0.4 is 5.32 Å². The quantitative estimate of drug-likeness (QED) is 0.668. The number of carbonyl (C=O) groups is 1. The van der Waals surface area contributed by atoms with Gasteiger partial charge in [-0.3, -0.25) is 4.79 Å². The minimum atomic E-state index is -0.949. The molecule has 0 saturated heterocycles. The molecule has 0 heterocycles. The second-order valence-corrected chi connectivity index (χ2v) is 3.64. The first-order valence-corrected chi connectivity index (χ1v) is 4.27. The van der Waals surface area contributed by atoms with Crippen molar-refractivity contribution in [3.8, 4) is 6.07 Å². The third kappa shape index (κ3) is 3.75. The fourth-order valence-corrected chi connectivity index (χ4v) is 0.764. The van der Waals surface area contributed by atoms with E-state index in [1.54, 1.807) is 19.9 Å². The van der Waals surface area contributed by atoms with Gasteiger partial charge in [0.05, 0.1) is 6.07 Å². The standard InChI is InChI=1S/C10H16N2O/c1-5-6-8(2)12-9(13)10(3,4)7-11/h5,8H,1,6H2,2-4H3,(H,12,13). The molecule has 0 bridgehead atoms. The Morgan fingerprint density at radius 3 is 2.69 bits per heavy atom. The summed E-state index contributed by atoms with van der Waals surface area (Å²) in [6.45, 7) is 8.66. The van der Waals surface area contributed by atoms with Crippen LogP contribution >= 0.6 is 0 Å². The van der Waals surface area contributed by atoms with Crippen LogP contribution in [0.5, 0.6) is 0 Å². The molecule has 0 aromatic rings. The van der Waals surface area contributed by atoms with Crippen LogP contribution in [0, 0.1) is 16.7 Å². The Labute approximate surface area is 79.4 Å². The maximum absolute atomic E-state index is 11.4. The molecule has 13 heavy (non-hydrogen) atoms. The summed E-state index contributed by atoms with van der Waals surface area (Å²) in [6, 6.07) is 1.99. The van der Waals surface area contributed by atoms with Gasteiger partial charge in [-0.25, -0.2) is 0 Å². The number of hydrogen-bond acceptors (Lipinski definition) is 2. The van der Waals surface area contributed by atoms with Crippen molar-refractivity contribution in [3.63, 3.8) is 0 Å². The predicted octanol–water partition coefficient (Wildman–Crippen LogP) is 1.62. The van der Waals surface area contributed by atoms with Crippen molar-refractivity contribution in [2.24, 2.45) is 5.41 Å². The number of amides is 1. The van der Waals surface area contributed by atoms with Crippen molar-refractivity contribution in [2.75, 3.05) is 0 Å². The second-order valence-electron chi connectivity index (χ2n) is 3.64. The molecule has 0 radical (unpaired) electrons. The molecule has 3 nitrogen and oxygen atoms in total. The smallest absolute Gasteiger partial charge is 0.240 e. The van der Waals surface area contributed by atoms with Crippen LogP contribution in [0.2, 0.25) is 0 Å². The predicted molar refractivity (Wildman–Crippen MR) is 51.8 cm³/mol. The first-order valence-electron chi connectivity index (χ1n) is 4.27. The van der Waals surface area contributed by atoms with Crippen LogP contribution in [0.15, 0.2) is 12.7 Å². The summed E-state index contributed by atoms with van der Waals surface area (Å²) in [4.78, 5) is 11.4. The molecule has 1 atom stereocenters. The van der Waals surface area contributed by atoms with E-state index in [2.05, 4.69) is 11.9 Å². The third-order valence-electron chi connectivity index (χ3n) is 1.74. The van der Waals surface area contributed by atoms with Crippen molar-refractivity contribution in [1.82, 2.24) is 5.32 Å². The number of hydrogen-bond donors (Lipinski definition) is 1. The van der Waals surface area contributed by atoms with Gasteiger partial charge in [0.25, 0.3) is 0 Å². The van der Waals surface area contributed by atoms with Crippen LogP contribution in [0.3, 0.4) is 0 Å². The maximum Gasteiger partial charge on any atom is 0.240 e. The Morgan fingerprint density at radius 2 is 2.31 bits per heavy atom. The Balaban J connectivity index is 4.17. The second kappa shape index (κ2) is 4.66. The Bertz CT molecular complexity index is 238. The third-order valence-corrected chi connectivity index (χ3v) is 1.74. The number of nitriles is 1. The largest absolute Gasteiger partial charge is 0.352 e. The highest BCUT2D eigenvalue weighted by Crippen LogP contribution is 2.13. The summed E-state index contributed by atoms with van der Waals surface area (Å²) < 4.78 is 0. The molecule has 0 saturated carbocycles. The van der Waals surface area contributed by atoms with Crippen LogP contribution in [0.4, 0.5) is 0 Å². The van der Waals surface area contributed by atoms with Gasteiger partial charge in [-0.05, 0) is 27.2 Å². The molecule has 0 spiro atoms. The van der Waals surface area contributed by atoms with Gasteiger partial charge in [0.2, 0.25) is 5.91 Å². The molecular formula is C10H16N2O. The van der Waals surface area contributed by atoms with Crippen molar-refractivity contribution in [3.05, 3.63) is 12.7 Å². The monoisotopic (exact) mass is 180 g/mol. The summed E-state index contributed by atoms with van der Waals surface area (Å²) in [6.07, 6.45) is 2.46. The summed E-state index contributed by atoms with van der Waals surface area (Å²) in [5.41, 5.74) is -0.949. The van der Waals surface area contributed by atoms with E-state index in [4.69, 9.17) is 5.26 Å². The van der Waals surface area contributed by atoms with Gasteiger partial charge in [-0.15, -0.1) is 6.58 Å². The maximum atomic E-state index is 11.4. The van der Waals surface area contributed by atoms with Gasteiger partial charge in [-0.2, -0.15) is 5.26 Å². The molecule has 0 aromatic heterocycles. The molecule has 0 rings (SSSR count). The molecule has 1 N–H and O–H groups in total. The first kappa shape index (κ1) is 11.7. The fourth-order valence-electron chi connectivity index (χ4n) is 0.764. The molecule has 72 valence electrons. The van der Waals surface area contributed by atoms with E-state index >= 15 is 0 Å². The lowest BCUT2D eigenvalue weighted by molar-refractivity contribution is -0.127. The van der Waals surface area contributed by atoms with Crippen molar-refractivity contribution in [2.45, 2.75) is 33.2 Å². The van der Waals surface area contributed by atoms with Crippen molar-refractivity contribution >= 4 is 5.91 Å². The van der Waals surface area contributed by atoms with Gasteiger partial charge >= 0.3 is 0 Å². The molecule has 3 heteroatoms. The van der Waals surface area contributed by atoms with E-state index in [0.29, 0.717) is 6.42 Å². The highest BCUT2D eigenvalue weighted by atomic mass is 16.2. The number of carbonyl (C=O) groups excluding carboxylic acids is 1. The van der Waals surface area contributed by atoms with E-state index < -0.39 is 5.41 Å². The van der Waals surface area contributed by atoms with E-state index in [1.165, 1.54) is 0 Å². The van der Waals surface area contributed by atoms with E-state index in [0.717, 1.165) is 0 Å². The van der Waals surface area contributed by atoms with Gasteiger partial charge < -0.3 is 5.32 Å². The van der Waals surface area contributed by atoms with Crippen molar-refractivity contribution < 1.29 is 4.79 Å². The molecule has 0 aliphatic carbocycles. The lowest BCUT2D eigenvalue weighted by atomic mass is 9.94. The SMILES string of the molecule is C=CCC(C)NC(=O)C(C)(C)C#N. The summed E-state index contributed by atoms with van der Waals surface area (Å²) >= 11 is 0. The average Bonchev–Trinajstić information content (AvgIpc) is 2.04. The van der Waals surface area contributed by atoms with Crippen LogP contribution in [0.25, 0.3) is 0 Å². The topological polar surface area (TPSA) is 52.9 Å².